The van der Waals surface area contributed by atoms with Crippen molar-refractivity contribution in [3.05, 3.63) is 28.4 Å². The van der Waals surface area contributed by atoms with Crippen LogP contribution >= 0.6 is 0 Å². The maximum absolute atomic E-state index is 10.5. The van der Waals surface area contributed by atoms with Gasteiger partial charge >= 0.3 is 5.82 Å². The van der Waals surface area contributed by atoms with E-state index < -0.39 is 4.92 Å². The number of nitro groups is 1. The normalized spacial score (nSPS) is 17.3. The Bertz CT molecular complexity index is 415. The van der Waals surface area contributed by atoms with Gasteiger partial charge in [-0.05, 0) is 47.8 Å². The third-order valence-corrected chi connectivity index (χ3v) is 3.36. The number of nitrogens with one attached hydrogen (secondary N) is 1. The van der Waals surface area contributed by atoms with Crippen LogP contribution in [0.5, 0.6) is 0 Å². The van der Waals surface area contributed by atoms with Crippen molar-refractivity contribution >= 4 is 11.5 Å². The van der Waals surface area contributed by atoms with Crippen molar-refractivity contribution in [1.82, 2.24) is 9.88 Å². The summed E-state index contributed by atoms with van der Waals surface area (Å²) < 4.78 is 0. The maximum Gasteiger partial charge on any atom is 0.363 e. The molecule has 1 N–H and O–H groups in total. The number of hydrogen-bond donors (Lipinski definition) is 1. The van der Waals surface area contributed by atoms with Gasteiger partial charge in [0.1, 0.15) is 0 Å². The predicted octanol–water partition coefficient (Wildman–Crippen LogP) is 2.13. The molecule has 1 aromatic rings. The van der Waals surface area contributed by atoms with Crippen molar-refractivity contribution in [1.29, 1.82) is 0 Å². The molecule has 1 atom stereocenters. The molecule has 19 heavy (non-hydrogen) atoms. The summed E-state index contributed by atoms with van der Waals surface area (Å²) in [4.78, 5) is 16.3. The van der Waals surface area contributed by atoms with Gasteiger partial charge in [-0.25, -0.2) is 0 Å². The molecule has 6 nitrogen and oxygen atoms in total. The van der Waals surface area contributed by atoms with Crippen LogP contribution in [0.4, 0.5) is 11.5 Å². The van der Waals surface area contributed by atoms with Crippen molar-refractivity contribution in [2.75, 3.05) is 31.5 Å². The lowest BCUT2D eigenvalue weighted by molar-refractivity contribution is -0.389. The number of aromatic nitrogens is 1. The zero-order valence-corrected chi connectivity index (χ0v) is 11.2. The van der Waals surface area contributed by atoms with Gasteiger partial charge in [-0.15, -0.1) is 0 Å². The third-order valence-electron chi connectivity index (χ3n) is 3.36. The van der Waals surface area contributed by atoms with E-state index in [1.54, 1.807) is 6.07 Å². The van der Waals surface area contributed by atoms with E-state index in [4.69, 9.17) is 0 Å². The van der Waals surface area contributed by atoms with Crippen LogP contribution in [-0.4, -0.2) is 41.0 Å². The molecule has 0 spiro atoms. The minimum Gasteiger partial charge on any atom is -0.382 e. The molecule has 1 aliphatic rings. The van der Waals surface area contributed by atoms with Crippen LogP contribution in [0.1, 0.15) is 19.8 Å². The van der Waals surface area contributed by atoms with Gasteiger partial charge in [-0.2, -0.15) is 0 Å². The highest BCUT2D eigenvalue weighted by Gasteiger charge is 2.14. The Hall–Kier alpha value is -1.69. The van der Waals surface area contributed by atoms with Gasteiger partial charge in [-0.1, -0.05) is 6.92 Å². The molecule has 0 bridgehead atoms. The predicted molar refractivity (Wildman–Crippen MR) is 74.2 cm³/mol. The van der Waals surface area contributed by atoms with Crippen LogP contribution in [0.25, 0.3) is 0 Å². The molecule has 104 valence electrons. The van der Waals surface area contributed by atoms with E-state index in [2.05, 4.69) is 22.1 Å². The van der Waals surface area contributed by atoms with Gasteiger partial charge in [-0.3, -0.25) is 0 Å². The van der Waals surface area contributed by atoms with Gasteiger partial charge < -0.3 is 20.3 Å². The Morgan fingerprint density at radius 3 is 2.79 bits per heavy atom. The van der Waals surface area contributed by atoms with Crippen LogP contribution in [0.3, 0.4) is 0 Å². The second kappa shape index (κ2) is 6.47. The Morgan fingerprint density at radius 2 is 2.21 bits per heavy atom. The summed E-state index contributed by atoms with van der Waals surface area (Å²) in [5.74, 6) is 0.434. The van der Waals surface area contributed by atoms with Crippen molar-refractivity contribution in [3.8, 4) is 0 Å². The first kappa shape index (κ1) is 13.7. The van der Waals surface area contributed by atoms with E-state index in [9.17, 15) is 10.1 Å². The molecule has 1 saturated heterocycles. The van der Waals surface area contributed by atoms with Gasteiger partial charge in [0, 0.05) is 19.2 Å². The average molecular weight is 264 g/mol. The van der Waals surface area contributed by atoms with Crippen LogP contribution in [0.2, 0.25) is 0 Å². The van der Waals surface area contributed by atoms with Crippen LogP contribution in [0.15, 0.2) is 18.3 Å². The molecule has 2 heterocycles. The van der Waals surface area contributed by atoms with E-state index in [0.717, 1.165) is 18.8 Å². The van der Waals surface area contributed by atoms with E-state index >= 15 is 0 Å². The van der Waals surface area contributed by atoms with Gasteiger partial charge in [0.05, 0.1) is 5.69 Å². The fourth-order valence-electron chi connectivity index (χ4n) is 2.36. The monoisotopic (exact) mass is 264 g/mol. The Labute approximate surface area is 113 Å². The molecular formula is C13H20N4O2. The van der Waals surface area contributed by atoms with E-state index in [-0.39, 0.29) is 5.82 Å². The molecule has 0 amide bonds. The Morgan fingerprint density at radius 1 is 1.47 bits per heavy atom. The summed E-state index contributed by atoms with van der Waals surface area (Å²) in [5, 5.41) is 13.8. The first-order valence-electron chi connectivity index (χ1n) is 6.72. The lowest BCUT2D eigenvalue weighted by atomic mass is 10.1. The lowest BCUT2D eigenvalue weighted by Gasteiger charge is -2.20. The van der Waals surface area contributed by atoms with Gasteiger partial charge in [0.15, 0.2) is 6.20 Å². The van der Waals surface area contributed by atoms with Crippen LogP contribution < -0.4 is 5.32 Å². The highest BCUT2D eigenvalue weighted by Crippen LogP contribution is 2.13. The first-order chi connectivity index (χ1) is 9.15. The quantitative estimate of drug-likeness (QED) is 0.629. The molecule has 1 aliphatic heterocycles. The molecule has 2 rings (SSSR count). The second-order valence-corrected chi connectivity index (χ2v) is 5.16. The van der Waals surface area contributed by atoms with E-state index in [0.29, 0.717) is 5.92 Å². The molecule has 1 fully saturated rings. The third kappa shape index (κ3) is 4.17. The minimum atomic E-state index is -0.486. The SMILES string of the molecule is CC(CNc1ccc([N+](=O)[O-])nc1)CN1CCCC1. The number of rotatable bonds is 6. The molecule has 1 unspecified atom stereocenters. The van der Waals surface area contributed by atoms with Gasteiger partial charge in [0.2, 0.25) is 0 Å². The number of anilines is 1. The Balaban J connectivity index is 1.76. The molecule has 0 aliphatic carbocycles. The van der Waals surface area contributed by atoms with E-state index in [1.165, 1.54) is 38.2 Å². The summed E-state index contributed by atoms with van der Waals surface area (Å²) in [7, 11) is 0. The number of hydrogen-bond acceptors (Lipinski definition) is 5. The molecule has 0 aromatic carbocycles. The lowest BCUT2D eigenvalue weighted by Crippen LogP contribution is -2.28. The number of nitrogens with zero attached hydrogens (tertiary/aromatic N) is 3. The molecule has 6 heteroatoms. The van der Waals surface area contributed by atoms with Crippen molar-refractivity contribution < 1.29 is 4.92 Å². The second-order valence-electron chi connectivity index (χ2n) is 5.16. The summed E-state index contributed by atoms with van der Waals surface area (Å²) in [5.41, 5.74) is 0.832. The standard InChI is InChI=1S/C13H20N4O2/c1-11(10-16-6-2-3-7-16)8-14-12-4-5-13(15-9-12)17(18)19/h4-5,9,11,14H,2-3,6-8,10H2,1H3. The van der Waals surface area contributed by atoms with Crippen molar-refractivity contribution in [2.24, 2.45) is 5.92 Å². The average Bonchev–Trinajstić information content (AvgIpc) is 2.89. The minimum absolute atomic E-state index is 0.115. The topological polar surface area (TPSA) is 71.3 Å². The smallest absolute Gasteiger partial charge is 0.363 e. The fraction of sp³-hybridized carbons (Fsp3) is 0.615. The summed E-state index contributed by atoms with van der Waals surface area (Å²) in [6.45, 7) is 6.60. The summed E-state index contributed by atoms with van der Waals surface area (Å²) >= 11 is 0. The summed E-state index contributed by atoms with van der Waals surface area (Å²) in [6, 6.07) is 3.13. The highest BCUT2D eigenvalue weighted by atomic mass is 16.6. The zero-order chi connectivity index (χ0) is 13.7. The number of pyridine rings is 1. The van der Waals surface area contributed by atoms with Crippen molar-refractivity contribution in [3.63, 3.8) is 0 Å². The van der Waals surface area contributed by atoms with E-state index in [1.807, 2.05) is 0 Å². The number of likely N-dealkylation sites (tertiary alicyclic amines) is 1. The molecule has 0 saturated carbocycles. The molecular weight excluding hydrogens is 244 g/mol. The molecule has 0 radical (unpaired) electrons. The van der Waals surface area contributed by atoms with Gasteiger partial charge in [0.25, 0.3) is 0 Å². The Kier molecular flexibility index (Phi) is 4.68. The van der Waals surface area contributed by atoms with Crippen molar-refractivity contribution in [2.45, 2.75) is 19.8 Å². The van der Waals surface area contributed by atoms with Crippen LogP contribution in [-0.2, 0) is 0 Å². The maximum atomic E-state index is 10.5. The zero-order valence-electron chi connectivity index (χ0n) is 11.2. The molecule has 1 aromatic heterocycles. The first-order valence-corrected chi connectivity index (χ1v) is 6.72. The largest absolute Gasteiger partial charge is 0.382 e. The van der Waals surface area contributed by atoms with Crippen LogP contribution in [0, 0.1) is 16.0 Å². The highest BCUT2D eigenvalue weighted by molar-refractivity contribution is 5.43. The fourth-order valence-corrected chi connectivity index (χ4v) is 2.36. The summed E-state index contributed by atoms with van der Waals surface area (Å²) in [6.07, 6.45) is 4.14.